The molecule has 0 radical (unpaired) electrons. The number of fused-ring (bicyclic) bond motifs is 1. The molecule has 2 heterocycles. The second-order valence-corrected chi connectivity index (χ2v) is 9.59. The summed E-state index contributed by atoms with van der Waals surface area (Å²) in [7, 11) is 0. The highest BCUT2D eigenvalue weighted by Crippen LogP contribution is 2.37. The molecule has 1 N–H and O–H groups in total. The summed E-state index contributed by atoms with van der Waals surface area (Å²) in [5.41, 5.74) is 5.89. The minimum absolute atomic E-state index is 0.0378. The number of carbonyl (C=O) groups excluding carboxylic acids is 1. The van der Waals surface area contributed by atoms with Crippen LogP contribution >= 0.6 is 0 Å². The molecule has 2 aromatic carbocycles. The molecule has 1 saturated heterocycles. The zero-order chi connectivity index (χ0) is 21.6. The van der Waals surface area contributed by atoms with Crippen LogP contribution in [0.4, 0.5) is 0 Å². The molecule has 158 valence electrons. The molecular weight excluding hydrogens is 372 g/mol. The summed E-state index contributed by atoms with van der Waals surface area (Å²) in [5.74, 6) is 0.313. The molecule has 0 aliphatic carbocycles. The zero-order valence-corrected chi connectivity index (χ0v) is 18.7. The zero-order valence-electron chi connectivity index (χ0n) is 18.7. The topological polar surface area (TPSA) is 45.5 Å². The second-order valence-electron chi connectivity index (χ2n) is 9.59. The van der Waals surface area contributed by atoms with E-state index in [2.05, 4.69) is 54.5 Å². The molecule has 0 unspecified atom stereocenters. The Balaban J connectivity index is 1.93. The van der Waals surface area contributed by atoms with Crippen LogP contribution in [-0.4, -0.2) is 33.4 Å². The maximum absolute atomic E-state index is 12.7. The fourth-order valence-electron chi connectivity index (χ4n) is 4.76. The lowest BCUT2D eigenvalue weighted by Crippen LogP contribution is -2.18. The third-order valence-electron chi connectivity index (χ3n) is 6.38. The van der Waals surface area contributed by atoms with Crippen molar-refractivity contribution >= 4 is 16.7 Å². The molecule has 1 aliphatic rings. The normalized spacial score (nSPS) is 15.2. The van der Waals surface area contributed by atoms with Gasteiger partial charge in [0.2, 0.25) is 0 Å². The molecule has 1 aliphatic heterocycles. The van der Waals surface area contributed by atoms with Gasteiger partial charge in [-0.05, 0) is 75.0 Å². The molecule has 0 saturated carbocycles. The fraction of sp³-hybridized carbons (Fsp3) is 0.423. The van der Waals surface area contributed by atoms with Crippen LogP contribution in [0.1, 0.15) is 67.7 Å². The number of aromatic nitrogens is 1. The van der Waals surface area contributed by atoms with Gasteiger partial charge in [0.25, 0.3) is 0 Å². The van der Waals surface area contributed by atoms with Crippen LogP contribution in [0.25, 0.3) is 16.6 Å². The van der Waals surface area contributed by atoms with E-state index in [4.69, 9.17) is 0 Å². The number of likely N-dealkylation sites (tertiary alicyclic amines) is 1. The molecule has 1 aromatic heterocycles. The number of benzene rings is 2. The maximum atomic E-state index is 12.7. The third kappa shape index (κ3) is 3.54. The number of phenols is 1. The molecule has 3 aromatic rings. The lowest BCUT2D eigenvalue weighted by atomic mass is 9.87. The van der Waals surface area contributed by atoms with E-state index in [9.17, 15) is 9.90 Å². The summed E-state index contributed by atoms with van der Waals surface area (Å²) in [6.45, 7) is 13.0. The smallest absolute Gasteiger partial charge is 0.162 e. The van der Waals surface area contributed by atoms with Crippen molar-refractivity contribution in [1.82, 2.24) is 9.47 Å². The van der Waals surface area contributed by atoms with Gasteiger partial charge in [0.05, 0.1) is 5.52 Å². The molecule has 1 fully saturated rings. The first-order valence-corrected chi connectivity index (χ1v) is 10.9. The minimum Gasteiger partial charge on any atom is -0.508 e. The number of hydrogen-bond donors (Lipinski definition) is 1. The molecule has 0 amide bonds. The SMILES string of the molecule is CC(=O)c1c(C)n(-c2ccc(C(C)(C)C)cc2)c2ccc(O)c(CN3CCCC3)c12. The Bertz CT molecular complexity index is 1090. The second kappa shape index (κ2) is 7.59. The molecule has 4 heteroatoms. The largest absolute Gasteiger partial charge is 0.508 e. The van der Waals surface area contributed by atoms with Gasteiger partial charge in [0.15, 0.2) is 5.78 Å². The van der Waals surface area contributed by atoms with Gasteiger partial charge in [-0.3, -0.25) is 9.69 Å². The van der Waals surface area contributed by atoms with Crippen LogP contribution in [0.2, 0.25) is 0 Å². The van der Waals surface area contributed by atoms with Gasteiger partial charge in [-0.1, -0.05) is 32.9 Å². The van der Waals surface area contributed by atoms with E-state index < -0.39 is 0 Å². The van der Waals surface area contributed by atoms with Gasteiger partial charge in [-0.15, -0.1) is 0 Å². The van der Waals surface area contributed by atoms with Crippen molar-refractivity contribution in [2.24, 2.45) is 0 Å². The maximum Gasteiger partial charge on any atom is 0.162 e. The van der Waals surface area contributed by atoms with Crippen LogP contribution in [0.5, 0.6) is 5.75 Å². The highest BCUT2D eigenvalue weighted by molar-refractivity contribution is 6.10. The van der Waals surface area contributed by atoms with Crippen molar-refractivity contribution in [1.29, 1.82) is 0 Å². The van der Waals surface area contributed by atoms with Crippen LogP contribution in [0.15, 0.2) is 36.4 Å². The van der Waals surface area contributed by atoms with E-state index in [0.29, 0.717) is 6.54 Å². The number of rotatable bonds is 4. The third-order valence-corrected chi connectivity index (χ3v) is 6.38. The monoisotopic (exact) mass is 404 g/mol. The summed E-state index contributed by atoms with van der Waals surface area (Å²) in [4.78, 5) is 15.1. The Labute approximate surface area is 179 Å². The molecule has 4 rings (SSSR count). The quantitative estimate of drug-likeness (QED) is 0.564. The molecule has 0 spiro atoms. The number of hydrogen-bond acceptors (Lipinski definition) is 3. The van der Waals surface area contributed by atoms with Crippen molar-refractivity contribution in [3.05, 3.63) is 58.8 Å². The summed E-state index contributed by atoms with van der Waals surface area (Å²) in [5, 5.41) is 11.6. The number of phenolic OH excluding ortho intramolecular Hbond substituents is 1. The van der Waals surface area contributed by atoms with E-state index in [1.807, 2.05) is 13.0 Å². The Kier molecular flexibility index (Phi) is 5.23. The Morgan fingerprint density at radius 3 is 2.23 bits per heavy atom. The van der Waals surface area contributed by atoms with Gasteiger partial charge in [0.1, 0.15) is 5.75 Å². The Hall–Kier alpha value is -2.59. The number of ketones is 1. The van der Waals surface area contributed by atoms with Crippen LogP contribution in [0, 0.1) is 6.92 Å². The van der Waals surface area contributed by atoms with E-state index >= 15 is 0 Å². The Morgan fingerprint density at radius 1 is 1.03 bits per heavy atom. The minimum atomic E-state index is 0.0378. The fourth-order valence-corrected chi connectivity index (χ4v) is 4.76. The number of Topliss-reactive ketones (excluding diaryl/α,β-unsaturated/α-hetero) is 1. The highest BCUT2D eigenvalue weighted by Gasteiger charge is 2.25. The van der Waals surface area contributed by atoms with Crippen LogP contribution in [0.3, 0.4) is 0 Å². The van der Waals surface area contributed by atoms with Crippen molar-refractivity contribution in [3.8, 4) is 11.4 Å². The van der Waals surface area contributed by atoms with Gasteiger partial charge >= 0.3 is 0 Å². The van der Waals surface area contributed by atoms with Crippen molar-refractivity contribution < 1.29 is 9.90 Å². The van der Waals surface area contributed by atoms with Crippen molar-refractivity contribution in [2.75, 3.05) is 13.1 Å². The molecule has 0 bridgehead atoms. The molecular formula is C26H32N2O2. The predicted octanol–water partition coefficient (Wildman–Crippen LogP) is 5.74. The van der Waals surface area contributed by atoms with E-state index in [-0.39, 0.29) is 16.9 Å². The van der Waals surface area contributed by atoms with E-state index in [0.717, 1.165) is 46.5 Å². The number of carbonyl (C=O) groups is 1. The lowest BCUT2D eigenvalue weighted by molar-refractivity contribution is 0.101. The van der Waals surface area contributed by atoms with E-state index in [1.165, 1.54) is 18.4 Å². The molecule has 4 nitrogen and oxygen atoms in total. The number of aromatic hydroxyl groups is 1. The van der Waals surface area contributed by atoms with Gasteiger partial charge < -0.3 is 9.67 Å². The predicted molar refractivity (Wildman–Crippen MR) is 123 cm³/mol. The molecule has 30 heavy (non-hydrogen) atoms. The molecule has 0 atom stereocenters. The summed E-state index contributed by atoms with van der Waals surface area (Å²) >= 11 is 0. The average Bonchev–Trinajstić information content (AvgIpc) is 3.29. The summed E-state index contributed by atoms with van der Waals surface area (Å²) in [6, 6.07) is 12.3. The average molecular weight is 405 g/mol. The first kappa shape index (κ1) is 20.7. The van der Waals surface area contributed by atoms with Crippen molar-refractivity contribution in [2.45, 2.75) is 59.4 Å². The Morgan fingerprint density at radius 2 is 1.67 bits per heavy atom. The van der Waals surface area contributed by atoms with Gasteiger partial charge in [-0.25, -0.2) is 0 Å². The van der Waals surface area contributed by atoms with E-state index in [1.54, 1.807) is 13.0 Å². The summed E-state index contributed by atoms with van der Waals surface area (Å²) in [6.07, 6.45) is 2.38. The lowest BCUT2D eigenvalue weighted by Gasteiger charge is -2.20. The van der Waals surface area contributed by atoms with Crippen molar-refractivity contribution in [3.63, 3.8) is 0 Å². The first-order valence-electron chi connectivity index (χ1n) is 10.9. The summed E-state index contributed by atoms with van der Waals surface area (Å²) < 4.78 is 2.16. The standard InChI is InChI=1S/C26H32N2O2/c1-17-24(18(2)29)25-21(16-27-14-6-7-15-27)23(30)13-12-22(25)28(17)20-10-8-19(9-11-20)26(3,4)5/h8-13,30H,6-7,14-16H2,1-5H3. The number of nitrogens with zero attached hydrogens (tertiary/aromatic N) is 2. The van der Waals surface area contributed by atoms with Crippen LogP contribution in [-0.2, 0) is 12.0 Å². The highest BCUT2D eigenvalue weighted by atomic mass is 16.3. The van der Waals surface area contributed by atoms with Gasteiger partial charge in [0, 0.05) is 34.4 Å². The van der Waals surface area contributed by atoms with Crippen LogP contribution < -0.4 is 0 Å². The first-order chi connectivity index (χ1) is 14.2. The van der Waals surface area contributed by atoms with Gasteiger partial charge in [-0.2, -0.15) is 0 Å².